The molecule has 1 aliphatic rings. The van der Waals surface area contributed by atoms with Crippen LogP contribution in [0.1, 0.15) is 10.4 Å². The maximum atomic E-state index is 12.6. The lowest BCUT2D eigenvalue weighted by Gasteiger charge is -2.31. The van der Waals surface area contributed by atoms with E-state index >= 15 is 0 Å². The monoisotopic (exact) mass is 357 g/mol. The second-order valence-electron chi connectivity index (χ2n) is 5.57. The normalized spacial score (nSPS) is 17.0. The van der Waals surface area contributed by atoms with Gasteiger partial charge in [-0.2, -0.15) is 0 Å². The van der Waals surface area contributed by atoms with Crippen molar-refractivity contribution in [3.63, 3.8) is 0 Å². The molecular weight excluding hydrogens is 338 g/mol. The van der Waals surface area contributed by atoms with E-state index in [0.717, 1.165) is 11.5 Å². The van der Waals surface area contributed by atoms with Crippen LogP contribution in [0.3, 0.4) is 0 Å². The minimum Gasteiger partial charge on any atom is -0.468 e. The van der Waals surface area contributed by atoms with E-state index in [9.17, 15) is 9.59 Å². The van der Waals surface area contributed by atoms with Crippen LogP contribution in [0, 0.1) is 0 Å². The summed E-state index contributed by atoms with van der Waals surface area (Å²) in [5, 5.41) is -0.316. The molecule has 3 rings (SSSR count). The maximum Gasteiger partial charge on any atom is 0.320 e. The number of hydrogen-bond donors (Lipinski definition) is 0. The molecule has 0 aromatic heterocycles. The van der Waals surface area contributed by atoms with Gasteiger partial charge < -0.3 is 14.4 Å². The van der Waals surface area contributed by atoms with Gasteiger partial charge in [0.1, 0.15) is 16.7 Å². The first-order valence-electron chi connectivity index (χ1n) is 7.99. The van der Waals surface area contributed by atoms with Crippen LogP contribution in [-0.2, 0) is 9.53 Å². The lowest BCUT2D eigenvalue weighted by molar-refractivity contribution is -0.140. The number of hydrogen-bond acceptors (Lipinski definition) is 5. The summed E-state index contributed by atoms with van der Waals surface area (Å²) in [7, 11) is 1.37. The molecule has 0 radical (unpaired) electrons. The third kappa shape index (κ3) is 4.33. The second-order valence-corrected chi connectivity index (χ2v) is 6.88. The molecule has 2 aromatic rings. The summed E-state index contributed by atoms with van der Waals surface area (Å²) in [4.78, 5) is 26.0. The highest BCUT2D eigenvalue weighted by molar-refractivity contribution is 8.00. The molecule has 5 nitrogen and oxygen atoms in total. The Morgan fingerprint density at radius 2 is 1.72 bits per heavy atom. The van der Waals surface area contributed by atoms with Crippen molar-refractivity contribution >= 4 is 23.6 Å². The van der Waals surface area contributed by atoms with Crippen LogP contribution in [0.25, 0.3) is 0 Å². The van der Waals surface area contributed by atoms with Gasteiger partial charge in [-0.05, 0) is 36.4 Å². The molecule has 1 amide bonds. The lowest BCUT2D eigenvalue weighted by Crippen LogP contribution is -2.44. The topological polar surface area (TPSA) is 55.8 Å². The standard InChI is InChI=1S/C19H19NO4S/c1-23-19(22)17-13-20(11-12-25-17)18(21)14-7-9-16(10-8-14)24-15-5-3-2-4-6-15/h2-10,17H,11-13H2,1H3/t17-/m1/s1. The van der Waals surface area contributed by atoms with E-state index in [4.69, 9.17) is 9.47 Å². The summed E-state index contributed by atoms with van der Waals surface area (Å²) in [6.45, 7) is 0.998. The van der Waals surface area contributed by atoms with Crippen LogP contribution in [-0.4, -0.2) is 48.0 Å². The van der Waals surface area contributed by atoms with Crippen LogP contribution in [0.2, 0.25) is 0 Å². The number of carbonyl (C=O) groups excluding carboxylic acids is 2. The summed E-state index contributed by atoms with van der Waals surface area (Å²) in [6, 6.07) is 16.5. The molecule has 6 heteroatoms. The quantitative estimate of drug-likeness (QED) is 0.787. The predicted octanol–water partition coefficient (Wildman–Crippen LogP) is 3.21. The molecule has 0 spiro atoms. The Balaban J connectivity index is 1.65. The minimum absolute atomic E-state index is 0.0829. The molecule has 0 unspecified atom stereocenters. The highest BCUT2D eigenvalue weighted by Gasteiger charge is 2.30. The van der Waals surface area contributed by atoms with Crippen LogP contribution in [0.15, 0.2) is 54.6 Å². The van der Waals surface area contributed by atoms with E-state index in [1.54, 1.807) is 29.2 Å². The van der Waals surface area contributed by atoms with E-state index in [1.165, 1.54) is 18.9 Å². The predicted molar refractivity (Wildman–Crippen MR) is 97.1 cm³/mol. The van der Waals surface area contributed by atoms with Gasteiger partial charge in [-0.15, -0.1) is 11.8 Å². The Kier molecular flexibility index (Phi) is 5.60. The number of carbonyl (C=O) groups is 2. The summed E-state index contributed by atoms with van der Waals surface area (Å²) in [5.41, 5.74) is 0.580. The van der Waals surface area contributed by atoms with Crippen LogP contribution in [0.5, 0.6) is 11.5 Å². The van der Waals surface area contributed by atoms with Crippen molar-refractivity contribution in [3.8, 4) is 11.5 Å². The Morgan fingerprint density at radius 3 is 2.40 bits per heavy atom. The van der Waals surface area contributed by atoms with Gasteiger partial charge in [-0.3, -0.25) is 9.59 Å². The fourth-order valence-electron chi connectivity index (χ4n) is 2.58. The molecule has 1 fully saturated rings. The van der Waals surface area contributed by atoms with E-state index in [2.05, 4.69) is 0 Å². The van der Waals surface area contributed by atoms with Gasteiger partial charge in [-0.1, -0.05) is 18.2 Å². The summed E-state index contributed by atoms with van der Waals surface area (Å²) in [5.74, 6) is 1.77. The largest absolute Gasteiger partial charge is 0.468 e. The van der Waals surface area contributed by atoms with Crippen LogP contribution in [0.4, 0.5) is 0 Å². The highest BCUT2D eigenvalue weighted by atomic mass is 32.2. The number of esters is 1. The first-order valence-corrected chi connectivity index (χ1v) is 9.04. The molecule has 1 saturated heterocycles. The zero-order valence-electron chi connectivity index (χ0n) is 13.9. The van der Waals surface area contributed by atoms with Crippen molar-refractivity contribution in [2.45, 2.75) is 5.25 Å². The van der Waals surface area contributed by atoms with E-state index < -0.39 is 0 Å². The molecule has 130 valence electrons. The summed E-state index contributed by atoms with van der Waals surface area (Å²) >= 11 is 1.53. The van der Waals surface area contributed by atoms with Crippen molar-refractivity contribution in [2.24, 2.45) is 0 Å². The number of ether oxygens (including phenoxy) is 2. The van der Waals surface area contributed by atoms with Gasteiger partial charge >= 0.3 is 5.97 Å². The number of amides is 1. The maximum absolute atomic E-state index is 12.6. The number of para-hydroxylation sites is 1. The molecule has 0 saturated carbocycles. The zero-order chi connectivity index (χ0) is 17.6. The molecule has 1 heterocycles. The van der Waals surface area contributed by atoms with Gasteiger partial charge in [-0.25, -0.2) is 0 Å². The summed E-state index contributed by atoms with van der Waals surface area (Å²) < 4.78 is 10.5. The number of thioether (sulfide) groups is 1. The smallest absolute Gasteiger partial charge is 0.320 e. The average molecular weight is 357 g/mol. The fourth-order valence-corrected chi connectivity index (χ4v) is 3.71. The van der Waals surface area contributed by atoms with Crippen molar-refractivity contribution < 1.29 is 19.1 Å². The second kappa shape index (κ2) is 8.07. The van der Waals surface area contributed by atoms with Gasteiger partial charge in [0.25, 0.3) is 5.91 Å². The molecule has 0 aliphatic carbocycles. The van der Waals surface area contributed by atoms with E-state index in [1.807, 2.05) is 30.3 Å². The highest BCUT2D eigenvalue weighted by Crippen LogP contribution is 2.24. The van der Waals surface area contributed by atoms with Crippen molar-refractivity contribution in [1.29, 1.82) is 0 Å². The third-order valence-corrected chi connectivity index (χ3v) is 5.06. The molecular formula is C19H19NO4S. The van der Waals surface area contributed by atoms with Crippen LogP contribution < -0.4 is 4.74 Å². The molecule has 0 bridgehead atoms. The Bertz CT molecular complexity index is 733. The summed E-state index contributed by atoms with van der Waals surface area (Å²) in [6.07, 6.45) is 0. The Hall–Kier alpha value is -2.47. The first kappa shape index (κ1) is 17.4. The number of nitrogens with zero attached hydrogens (tertiary/aromatic N) is 1. The average Bonchev–Trinajstić information content (AvgIpc) is 2.68. The van der Waals surface area contributed by atoms with Gasteiger partial charge in [0, 0.05) is 24.4 Å². The minimum atomic E-state index is -0.316. The molecule has 25 heavy (non-hydrogen) atoms. The van der Waals surface area contributed by atoms with Gasteiger partial charge in [0.05, 0.1) is 7.11 Å². The molecule has 1 atom stereocenters. The number of rotatable bonds is 4. The van der Waals surface area contributed by atoms with E-state index in [0.29, 0.717) is 24.4 Å². The first-order chi connectivity index (χ1) is 12.2. The SMILES string of the molecule is COC(=O)[C@H]1CN(C(=O)c2ccc(Oc3ccccc3)cc2)CCS1. The molecule has 2 aromatic carbocycles. The Labute approximate surface area is 150 Å². The van der Waals surface area contributed by atoms with Gasteiger partial charge in [0.15, 0.2) is 0 Å². The lowest BCUT2D eigenvalue weighted by atomic mass is 10.2. The molecule has 1 aliphatic heterocycles. The number of methoxy groups -OCH3 is 1. The zero-order valence-corrected chi connectivity index (χ0v) is 14.7. The Morgan fingerprint density at radius 1 is 1.04 bits per heavy atom. The van der Waals surface area contributed by atoms with E-state index in [-0.39, 0.29) is 17.1 Å². The number of benzene rings is 2. The van der Waals surface area contributed by atoms with Gasteiger partial charge in [0.2, 0.25) is 0 Å². The van der Waals surface area contributed by atoms with Crippen molar-refractivity contribution in [1.82, 2.24) is 4.90 Å². The van der Waals surface area contributed by atoms with Crippen molar-refractivity contribution in [2.75, 3.05) is 26.0 Å². The molecule has 0 N–H and O–H groups in total. The van der Waals surface area contributed by atoms with Crippen molar-refractivity contribution in [3.05, 3.63) is 60.2 Å². The fraction of sp³-hybridized carbons (Fsp3) is 0.263. The van der Waals surface area contributed by atoms with Crippen LogP contribution >= 0.6 is 11.8 Å². The third-order valence-electron chi connectivity index (χ3n) is 3.90.